The number of nitrogens with two attached hydrogens (primary N) is 1. The lowest BCUT2D eigenvalue weighted by atomic mass is 10.7. The molecule has 0 saturated heterocycles. The van der Waals surface area contributed by atoms with E-state index in [0.29, 0.717) is 0 Å². The Morgan fingerprint density at radius 2 is 2.00 bits per heavy atom. The second-order valence-corrected chi connectivity index (χ2v) is 0.624. The Balaban J connectivity index is 0. The van der Waals surface area contributed by atoms with Crippen molar-refractivity contribution in [2.75, 3.05) is 6.61 Å². The van der Waals surface area contributed by atoms with Gasteiger partial charge in [-0.25, -0.2) is 0 Å². The first kappa shape index (κ1) is 9.04. The van der Waals surface area contributed by atoms with Crippen LogP contribution < -0.4 is 11.9 Å². The molecule has 6 N–H and O–H groups in total. The van der Waals surface area contributed by atoms with Crippen LogP contribution in [-0.4, -0.2) is 17.6 Å². The van der Waals surface area contributed by atoms with Crippen LogP contribution in [0.3, 0.4) is 0 Å². The average molecular weight is 92.1 g/mol. The van der Waals surface area contributed by atoms with Crippen LogP contribution in [0.15, 0.2) is 0 Å². The Morgan fingerprint density at radius 3 is 2.00 bits per heavy atom. The molecule has 1 amide bonds. The number of hydrogen-bond acceptors (Lipinski definition) is 3. The van der Waals surface area contributed by atoms with Crippen molar-refractivity contribution in [3.8, 4) is 0 Å². The van der Waals surface area contributed by atoms with E-state index in [1.165, 1.54) is 0 Å². The minimum Gasteiger partial charge on any atom is -0.387 e. The summed E-state index contributed by atoms with van der Waals surface area (Å²) in [6.45, 7) is -0.556. The first-order valence-electron chi connectivity index (χ1n) is 1.16. The van der Waals surface area contributed by atoms with Crippen LogP contribution in [0.4, 0.5) is 0 Å². The molecule has 0 aromatic rings. The molecule has 0 heterocycles. The van der Waals surface area contributed by atoms with Crippen molar-refractivity contribution in [1.29, 1.82) is 0 Å². The van der Waals surface area contributed by atoms with Gasteiger partial charge in [-0.05, 0) is 0 Å². The highest BCUT2D eigenvalue weighted by atomic mass is 16.3. The van der Waals surface area contributed by atoms with E-state index in [2.05, 4.69) is 5.73 Å². The molecule has 0 aromatic heterocycles. The number of primary amides is 1. The van der Waals surface area contributed by atoms with Crippen LogP contribution in [0.2, 0.25) is 0 Å². The Hall–Kier alpha value is -0.610. The quantitative estimate of drug-likeness (QED) is 0.372. The van der Waals surface area contributed by atoms with Gasteiger partial charge in [0.2, 0.25) is 5.91 Å². The van der Waals surface area contributed by atoms with Crippen molar-refractivity contribution in [2.24, 2.45) is 5.73 Å². The highest BCUT2D eigenvalue weighted by Gasteiger charge is 1.78. The third-order valence-electron chi connectivity index (χ3n) is 0.156. The van der Waals surface area contributed by atoms with Gasteiger partial charge in [-0.3, -0.25) is 4.79 Å². The minimum atomic E-state index is -0.690. The normalized spacial score (nSPS) is 6.17. The highest BCUT2D eigenvalue weighted by Crippen LogP contribution is 1.42. The monoisotopic (exact) mass is 92.1 g/mol. The van der Waals surface area contributed by atoms with E-state index in [1.54, 1.807) is 0 Å². The predicted molar refractivity (Wildman–Crippen MR) is 21.3 cm³/mol. The predicted octanol–water partition coefficient (Wildman–Crippen LogP) is -1.37. The molecule has 0 atom stereocenters. The van der Waals surface area contributed by atoms with Gasteiger partial charge < -0.3 is 17.0 Å². The molecule has 6 heavy (non-hydrogen) atoms. The van der Waals surface area contributed by atoms with Crippen molar-refractivity contribution in [3.63, 3.8) is 0 Å². The van der Waals surface area contributed by atoms with E-state index in [1.807, 2.05) is 0 Å². The zero-order chi connectivity index (χ0) is 4.28. The van der Waals surface area contributed by atoms with Crippen molar-refractivity contribution in [1.82, 2.24) is 6.15 Å². The molecule has 0 saturated carbocycles. The summed E-state index contributed by atoms with van der Waals surface area (Å²) in [4.78, 5) is 9.34. The standard InChI is InChI=1S/C2H5NO2.H3N/c3-2(5)1-4;/h4H,1H2,(H2,3,5);1H3. The largest absolute Gasteiger partial charge is 0.387 e. The molecule has 38 valence electrons. The van der Waals surface area contributed by atoms with Gasteiger partial charge >= 0.3 is 0 Å². The lowest BCUT2D eigenvalue weighted by Crippen LogP contribution is -2.14. The Bertz CT molecular complexity index is 44.8. The molecular formula is C2H8N2O2. The fourth-order valence-corrected chi connectivity index (χ4v) is 0. The molecule has 4 heteroatoms. The van der Waals surface area contributed by atoms with Crippen LogP contribution in [0.25, 0.3) is 0 Å². The Kier molecular flexibility index (Phi) is 6.61. The molecule has 0 unspecified atom stereocenters. The van der Waals surface area contributed by atoms with E-state index >= 15 is 0 Å². The summed E-state index contributed by atoms with van der Waals surface area (Å²) < 4.78 is 0. The fraction of sp³-hybridized carbons (Fsp3) is 0.500. The van der Waals surface area contributed by atoms with Crippen LogP contribution in [-0.2, 0) is 4.79 Å². The van der Waals surface area contributed by atoms with E-state index in [0.717, 1.165) is 0 Å². The number of aliphatic hydroxyl groups excluding tert-OH is 1. The maximum atomic E-state index is 9.34. The number of hydrogen-bond donors (Lipinski definition) is 3. The zero-order valence-corrected chi connectivity index (χ0v) is 3.35. The van der Waals surface area contributed by atoms with Gasteiger partial charge in [-0.15, -0.1) is 0 Å². The van der Waals surface area contributed by atoms with Gasteiger partial charge in [-0.1, -0.05) is 0 Å². The van der Waals surface area contributed by atoms with Crippen LogP contribution in [0, 0.1) is 0 Å². The minimum absolute atomic E-state index is 0. The smallest absolute Gasteiger partial charge is 0.243 e. The van der Waals surface area contributed by atoms with Crippen LogP contribution in [0.5, 0.6) is 0 Å². The number of rotatable bonds is 1. The van der Waals surface area contributed by atoms with Crippen molar-refractivity contribution < 1.29 is 9.90 Å². The summed E-state index contributed by atoms with van der Waals surface area (Å²) in [6, 6.07) is 0. The highest BCUT2D eigenvalue weighted by molar-refractivity contribution is 5.74. The molecule has 0 aromatic carbocycles. The van der Waals surface area contributed by atoms with Crippen molar-refractivity contribution in [3.05, 3.63) is 0 Å². The van der Waals surface area contributed by atoms with Gasteiger partial charge in [0.1, 0.15) is 6.61 Å². The summed E-state index contributed by atoms with van der Waals surface area (Å²) in [7, 11) is 0. The van der Waals surface area contributed by atoms with Gasteiger partial charge in [0.25, 0.3) is 0 Å². The molecule has 0 aliphatic carbocycles. The second-order valence-electron chi connectivity index (χ2n) is 0.624. The third-order valence-corrected chi connectivity index (χ3v) is 0.156. The molecule has 0 aliphatic heterocycles. The van der Waals surface area contributed by atoms with Gasteiger partial charge in [0.15, 0.2) is 0 Å². The molecule has 4 nitrogen and oxygen atoms in total. The summed E-state index contributed by atoms with van der Waals surface area (Å²) in [5.41, 5.74) is 4.40. The number of carbonyl (C=O) groups is 1. The lowest BCUT2D eigenvalue weighted by molar-refractivity contribution is -0.120. The summed E-state index contributed by atoms with van der Waals surface area (Å²) in [5.74, 6) is -0.690. The molecule has 0 spiro atoms. The molecule has 0 aliphatic rings. The average Bonchev–Trinajstić information content (AvgIpc) is 1.38. The van der Waals surface area contributed by atoms with E-state index < -0.39 is 12.5 Å². The maximum Gasteiger partial charge on any atom is 0.243 e. The van der Waals surface area contributed by atoms with Crippen molar-refractivity contribution >= 4 is 5.91 Å². The second kappa shape index (κ2) is 4.39. The van der Waals surface area contributed by atoms with Crippen LogP contribution >= 0.6 is 0 Å². The first-order valence-corrected chi connectivity index (χ1v) is 1.16. The molecule has 0 bridgehead atoms. The summed E-state index contributed by atoms with van der Waals surface area (Å²) in [6.07, 6.45) is 0. The third kappa shape index (κ3) is 10.0. The summed E-state index contributed by atoms with van der Waals surface area (Å²) >= 11 is 0. The maximum absolute atomic E-state index is 9.34. The lowest BCUT2D eigenvalue weighted by Gasteiger charge is -1.73. The van der Waals surface area contributed by atoms with Gasteiger partial charge in [0.05, 0.1) is 0 Å². The Morgan fingerprint density at radius 1 is 1.83 bits per heavy atom. The first-order chi connectivity index (χ1) is 2.27. The SMILES string of the molecule is N.NC(=O)CO. The van der Waals surface area contributed by atoms with Crippen LogP contribution in [0.1, 0.15) is 0 Å². The number of carbonyl (C=O) groups excluding carboxylic acids is 1. The Labute approximate surface area is 35.5 Å². The van der Waals surface area contributed by atoms with E-state index in [-0.39, 0.29) is 6.15 Å². The number of amides is 1. The van der Waals surface area contributed by atoms with E-state index in [4.69, 9.17) is 5.11 Å². The van der Waals surface area contributed by atoms with E-state index in [9.17, 15) is 4.79 Å². The molecule has 0 rings (SSSR count). The fourth-order valence-electron chi connectivity index (χ4n) is 0. The topological polar surface area (TPSA) is 98.3 Å². The van der Waals surface area contributed by atoms with Gasteiger partial charge in [-0.2, -0.15) is 0 Å². The van der Waals surface area contributed by atoms with Crippen molar-refractivity contribution in [2.45, 2.75) is 0 Å². The molecule has 0 fully saturated rings. The van der Waals surface area contributed by atoms with Gasteiger partial charge in [0, 0.05) is 0 Å². The zero-order valence-electron chi connectivity index (χ0n) is 3.35. The number of aliphatic hydroxyl groups is 1. The molecule has 0 radical (unpaired) electrons. The molecular weight excluding hydrogens is 84.0 g/mol. The summed E-state index contributed by atoms with van der Waals surface area (Å²) in [5, 5.41) is 7.67.